The highest BCUT2D eigenvalue weighted by atomic mass is 16.2. The van der Waals surface area contributed by atoms with E-state index in [4.69, 9.17) is 0 Å². The lowest BCUT2D eigenvalue weighted by Gasteiger charge is -2.37. The molecule has 0 aromatic carbocycles. The molecule has 0 bridgehead atoms. The molecule has 0 aromatic rings. The van der Waals surface area contributed by atoms with Gasteiger partial charge in [-0.3, -0.25) is 14.9 Å². The summed E-state index contributed by atoms with van der Waals surface area (Å²) in [7, 11) is 0. The summed E-state index contributed by atoms with van der Waals surface area (Å²) in [5.41, 5.74) is 0. The summed E-state index contributed by atoms with van der Waals surface area (Å²) in [6.07, 6.45) is 6.06. The van der Waals surface area contributed by atoms with E-state index in [0.29, 0.717) is 30.7 Å². The summed E-state index contributed by atoms with van der Waals surface area (Å²) < 4.78 is 0. The average Bonchev–Trinajstić information content (AvgIpc) is 2.33. The van der Waals surface area contributed by atoms with E-state index in [1.165, 1.54) is 19.3 Å². The standard InChI is InChI=1S/C14H24N2O2/c1-9(2)10-5-3-4-6-11(10)15-12-7-8-13(17)16-14(12)18/h9-12,15H,3-8H2,1-2H3,(H,16,17,18). The third-order valence-corrected chi connectivity index (χ3v) is 4.33. The fourth-order valence-electron chi connectivity index (χ4n) is 3.28. The number of carbonyl (C=O) groups is 2. The number of nitrogens with one attached hydrogen (secondary N) is 2. The van der Waals surface area contributed by atoms with Gasteiger partial charge in [-0.05, 0) is 31.1 Å². The van der Waals surface area contributed by atoms with Gasteiger partial charge in [-0.2, -0.15) is 0 Å². The number of amides is 2. The maximum absolute atomic E-state index is 11.8. The van der Waals surface area contributed by atoms with Gasteiger partial charge in [-0.15, -0.1) is 0 Å². The lowest BCUT2D eigenvalue weighted by Crippen LogP contribution is -2.55. The number of hydrogen-bond acceptors (Lipinski definition) is 3. The summed E-state index contributed by atoms with van der Waals surface area (Å²) >= 11 is 0. The van der Waals surface area contributed by atoms with Crippen molar-refractivity contribution in [2.45, 2.75) is 64.5 Å². The zero-order valence-corrected chi connectivity index (χ0v) is 11.4. The third-order valence-electron chi connectivity index (χ3n) is 4.33. The van der Waals surface area contributed by atoms with E-state index in [0.717, 1.165) is 6.42 Å². The first-order valence-electron chi connectivity index (χ1n) is 7.17. The van der Waals surface area contributed by atoms with Crippen molar-refractivity contribution < 1.29 is 9.59 Å². The molecule has 2 amide bonds. The third kappa shape index (κ3) is 3.10. The molecule has 102 valence electrons. The van der Waals surface area contributed by atoms with Crippen molar-refractivity contribution in [1.82, 2.24) is 10.6 Å². The first kappa shape index (κ1) is 13.5. The predicted octanol–water partition coefficient (Wildman–Crippen LogP) is 1.60. The maximum Gasteiger partial charge on any atom is 0.243 e. The monoisotopic (exact) mass is 252 g/mol. The highest BCUT2D eigenvalue weighted by molar-refractivity contribution is 6.00. The van der Waals surface area contributed by atoms with E-state index in [1.54, 1.807) is 0 Å². The predicted molar refractivity (Wildman–Crippen MR) is 69.9 cm³/mol. The molecule has 0 aromatic heterocycles. The Morgan fingerprint density at radius 3 is 2.56 bits per heavy atom. The summed E-state index contributed by atoms with van der Waals surface area (Å²) in [5, 5.41) is 5.92. The SMILES string of the molecule is CC(C)C1CCCCC1NC1CCC(=O)NC1=O. The molecule has 0 spiro atoms. The van der Waals surface area contributed by atoms with Crippen LogP contribution < -0.4 is 10.6 Å². The molecular weight excluding hydrogens is 228 g/mol. The molecule has 2 aliphatic rings. The molecule has 2 N–H and O–H groups in total. The van der Waals surface area contributed by atoms with Crippen molar-refractivity contribution >= 4 is 11.8 Å². The van der Waals surface area contributed by atoms with Gasteiger partial charge in [0, 0.05) is 12.5 Å². The zero-order valence-electron chi connectivity index (χ0n) is 11.4. The van der Waals surface area contributed by atoms with Crippen molar-refractivity contribution in [2.75, 3.05) is 0 Å². The molecule has 3 unspecified atom stereocenters. The van der Waals surface area contributed by atoms with Crippen LogP contribution in [0.25, 0.3) is 0 Å². The van der Waals surface area contributed by atoms with Crippen LogP contribution in [0.2, 0.25) is 0 Å². The Morgan fingerprint density at radius 2 is 1.89 bits per heavy atom. The Balaban J connectivity index is 1.94. The molecule has 1 aliphatic heterocycles. The minimum atomic E-state index is -0.174. The smallest absolute Gasteiger partial charge is 0.243 e. The molecule has 1 aliphatic carbocycles. The van der Waals surface area contributed by atoms with Crippen molar-refractivity contribution in [3.8, 4) is 0 Å². The lowest BCUT2D eigenvalue weighted by molar-refractivity contribution is -0.135. The van der Waals surface area contributed by atoms with Gasteiger partial charge < -0.3 is 5.32 Å². The van der Waals surface area contributed by atoms with Crippen LogP contribution in [-0.2, 0) is 9.59 Å². The fraction of sp³-hybridized carbons (Fsp3) is 0.857. The molecule has 1 heterocycles. The van der Waals surface area contributed by atoms with E-state index < -0.39 is 0 Å². The van der Waals surface area contributed by atoms with Crippen LogP contribution in [0.1, 0.15) is 52.4 Å². The molecule has 2 rings (SSSR count). The van der Waals surface area contributed by atoms with Crippen LogP contribution in [0.15, 0.2) is 0 Å². The molecule has 4 heteroatoms. The first-order valence-corrected chi connectivity index (χ1v) is 7.17. The molecule has 18 heavy (non-hydrogen) atoms. The van der Waals surface area contributed by atoms with E-state index in [-0.39, 0.29) is 17.9 Å². The second kappa shape index (κ2) is 5.83. The topological polar surface area (TPSA) is 58.2 Å². The van der Waals surface area contributed by atoms with Crippen LogP contribution >= 0.6 is 0 Å². The number of imide groups is 1. The summed E-state index contributed by atoms with van der Waals surface area (Å²) in [6.45, 7) is 4.52. The molecule has 0 radical (unpaired) electrons. The first-order chi connectivity index (χ1) is 8.58. The van der Waals surface area contributed by atoms with Crippen LogP contribution in [0.5, 0.6) is 0 Å². The maximum atomic E-state index is 11.8. The average molecular weight is 252 g/mol. The van der Waals surface area contributed by atoms with Gasteiger partial charge in [-0.25, -0.2) is 0 Å². The van der Waals surface area contributed by atoms with Crippen LogP contribution in [-0.4, -0.2) is 23.9 Å². The Hall–Kier alpha value is -0.900. The highest BCUT2D eigenvalue weighted by Crippen LogP contribution is 2.30. The molecule has 2 fully saturated rings. The van der Waals surface area contributed by atoms with Crippen LogP contribution in [0.4, 0.5) is 0 Å². The molecule has 3 atom stereocenters. The minimum Gasteiger partial charge on any atom is -0.303 e. The Bertz CT molecular complexity index is 328. The molecular formula is C14H24N2O2. The van der Waals surface area contributed by atoms with E-state index in [1.807, 2.05) is 0 Å². The number of piperidine rings is 1. The summed E-state index contributed by atoms with van der Waals surface area (Å²) in [4.78, 5) is 22.9. The number of carbonyl (C=O) groups excluding carboxylic acids is 2. The highest BCUT2D eigenvalue weighted by Gasteiger charge is 2.33. The number of rotatable bonds is 3. The van der Waals surface area contributed by atoms with Gasteiger partial charge in [0.05, 0.1) is 6.04 Å². The van der Waals surface area contributed by atoms with Crippen LogP contribution in [0.3, 0.4) is 0 Å². The quantitative estimate of drug-likeness (QED) is 0.750. The van der Waals surface area contributed by atoms with Gasteiger partial charge in [-0.1, -0.05) is 26.7 Å². The van der Waals surface area contributed by atoms with E-state index in [9.17, 15) is 9.59 Å². The number of hydrogen-bond donors (Lipinski definition) is 2. The fourth-order valence-corrected chi connectivity index (χ4v) is 3.28. The largest absolute Gasteiger partial charge is 0.303 e. The van der Waals surface area contributed by atoms with Crippen molar-refractivity contribution in [2.24, 2.45) is 11.8 Å². The normalized spacial score (nSPS) is 33.6. The van der Waals surface area contributed by atoms with Crippen molar-refractivity contribution in [3.63, 3.8) is 0 Å². The van der Waals surface area contributed by atoms with E-state index in [2.05, 4.69) is 24.5 Å². The second-order valence-corrected chi connectivity index (χ2v) is 5.97. The van der Waals surface area contributed by atoms with E-state index >= 15 is 0 Å². The van der Waals surface area contributed by atoms with Gasteiger partial charge in [0.2, 0.25) is 11.8 Å². The van der Waals surface area contributed by atoms with Crippen LogP contribution in [0, 0.1) is 11.8 Å². The van der Waals surface area contributed by atoms with Crippen molar-refractivity contribution in [3.05, 3.63) is 0 Å². The Kier molecular flexibility index (Phi) is 4.38. The Morgan fingerprint density at radius 1 is 1.17 bits per heavy atom. The summed E-state index contributed by atoms with van der Waals surface area (Å²) in [5.74, 6) is 1.03. The lowest BCUT2D eigenvalue weighted by atomic mass is 9.77. The molecule has 1 saturated heterocycles. The minimum absolute atomic E-state index is 0.137. The van der Waals surface area contributed by atoms with Gasteiger partial charge in [0.15, 0.2) is 0 Å². The van der Waals surface area contributed by atoms with Crippen molar-refractivity contribution in [1.29, 1.82) is 0 Å². The van der Waals surface area contributed by atoms with Gasteiger partial charge in [0.25, 0.3) is 0 Å². The summed E-state index contributed by atoms with van der Waals surface area (Å²) in [6, 6.07) is 0.259. The Labute approximate surface area is 109 Å². The molecule has 4 nitrogen and oxygen atoms in total. The van der Waals surface area contributed by atoms with Gasteiger partial charge >= 0.3 is 0 Å². The molecule has 1 saturated carbocycles. The zero-order chi connectivity index (χ0) is 13.1. The second-order valence-electron chi connectivity index (χ2n) is 5.97. The van der Waals surface area contributed by atoms with Gasteiger partial charge in [0.1, 0.15) is 0 Å².